The molecule has 1 aromatic carbocycles. The largest absolute Gasteiger partial charge is 0.444 e. The van der Waals surface area contributed by atoms with Crippen LogP contribution in [-0.4, -0.2) is 47.7 Å². The Balaban J connectivity index is 1.58. The number of amides is 1. The first-order valence-electron chi connectivity index (χ1n) is 10.9. The van der Waals surface area contributed by atoms with E-state index in [0.29, 0.717) is 44.1 Å². The number of nitro groups is 1. The van der Waals surface area contributed by atoms with Gasteiger partial charge in [0.25, 0.3) is 5.69 Å². The number of hydrogen-bond donors (Lipinski definition) is 0. The maximum atomic E-state index is 13.5. The Morgan fingerprint density at radius 2 is 1.56 bits per heavy atom. The molecule has 0 aliphatic carbocycles. The molecule has 3 rings (SSSR count). The number of non-ortho nitro benzene ring substituents is 1. The minimum atomic E-state index is -4.66. The summed E-state index contributed by atoms with van der Waals surface area (Å²) in [4.78, 5) is 25.7. The Kier molecular flexibility index (Phi) is 6.90. The van der Waals surface area contributed by atoms with Crippen LogP contribution in [0.5, 0.6) is 0 Å². The van der Waals surface area contributed by atoms with Gasteiger partial charge in [-0.15, -0.1) is 0 Å². The van der Waals surface area contributed by atoms with Gasteiger partial charge in [-0.3, -0.25) is 10.1 Å². The number of carbonyl (C=O) groups is 1. The third-order valence-corrected chi connectivity index (χ3v) is 6.23. The monoisotopic (exact) mass is 457 g/mol. The van der Waals surface area contributed by atoms with Crippen LogP contribution >= 0.6 is 0 Å². The van der Waals surface area contributed by atoms with Gasteiger partial charge in [-0.2, -0.15) is 13.2 Å². The summed E-state index contributed by atoms with van der Waals surface area (Å²) in [5.41, 5.74) is -2.06. The van der Waals surface area contributed by atoms with Crippen LogP contribution in [0.4, 0.5) is 29.3 Å². The van der Waals surface area contributed by atoms with Gasteiger partial charge in [-0.1, -0.05) is 0 Å². The van der Waals surface area contributed by atoms with Crippen molar-refractivity contribution in [3.8, 4) is 0 Å². The van der Waals surface area contributed by atoms with Gasteiger partial charge < -0.3 is 14.5 Å². The average molecular weight is 457 g/mol. The van der Waals surface area contributed by atoms with E-state index in [-0.39, 0.29) is 11.8 Å². The second kappa shape index (κ2) is 9.15. The first-order valence-corrected chi connectivity index (χ1v) is 10.9. The number of hydrogen-bond acceptors (Lipinski definition) is 5. The third-order valence-electron chi connectivity index (χ3n) is 6.23. The predicted molar refractivity (Wildman–Crippen MR) is 114 cm³/mol. The molecule has 0 radical (unpaired) electrons. The van der Waals surface area contributed by atoms with Gasteiger partial charge in [0.1, 0.15) is 5.60 Å². The standard InChI is InChI=1S/C22H30F3N3O4/c1-21(2,3)32-20(29)27-12-8-16(9-13-27)15-6-10-26(11-7-15)19-5-4-17(28(30)31)14-18(19)22(23,24)25/h4-5,14-16H,6-13H2,1-3H3. The Labute approximate surface area is 185 Å². The van der Waals surface area contributed by atoms with Crippen LogP contribution in [0.3, 0.4) is 0 Å². The molecule has 2 aliphatic heterocycles. The first kappa shape index (κ1) is 24.1. The van der Waals surface area contributed by atoms with Crippen LogP contribution in [-0.2, 0) is 10.9 Å². The number of rotatable bonds is 3. The van der Waals surface area contributed by atoms with Gasteiger partial charge in [-0.25, -0.2) is 4.79 Å². The molecule has 178 valence electrons. The quantitative estimate of drug-likeness (QED) is 0.444. The lowest BCUT2D eigenvalue weighted by Crippen LogP contribution is -2.44. The van der Waals surface area contributed by atoms with E-state index in [4.69, 9.17) is 4.74 Å². The Bertz CT molecular complexity index is 838. The Morgan fingerprint density at radius 3 is 2.03 bits per heavy atom. The zero-order chi connectivity index (χ0) is 23.7. The van der Waals surface area contributed by atoms with E-state index in [9.17, 15) is 28.1 Å². The molecule has 2 aliphatic rings. The zero-order valence-electron chi connectivity index (χ0n) is 18.7. The van der Waals surface area contributed by atoms with Crippen LogP contribution in [0.15, 0.2) is 18.2 Å². The van der Waals surface area contributed by atoms with Crippen LogP contribution in [0.1, 0.15) is 52.0 Å². The number of alkyl halides is 3. The summed E-state index contributed by atoms with van der Waals surface area (Å²) >= 11 is 0. The topological polar surface area (TPSA) is 75.9 Å². The van der Waals surface area contributed by atoms with E-state index < -0.39 is 28.0 Å². The summed E-state index contributed by atoms with van der Waals surface area (Å²) in [5.74, 6) is 0.814. The van der Waals surface area contributed by atoms with Gasteiger partial charge >= 0.3 is 12.3 Å². The smallest absolute Gasteiger partial charge is 0.418 e. The molecule has 2 saturated heterocycles. The van der Waals surface area contributed by atoms with Crippen molar-refractivity contribution in [1.29, 1.82) is 0 Å². The van der Waals surface area contributed by atoms with E-state index in [2.05, 4.69) is 0 Å². The van der Waals surface area contributed by atoms with Crippen molar-refractivity contribution in [2.75, 3.05) is 31.1 Å². The van der Waals surface area contributed by atoms with Crippen LogP contribution in [0, 0.1) is 22.0 Å². The summed E-state index contributed by atoms with van der Waals surface area (Å²) in [6.07, 6.45) is -1.74. The Morgan fingerprint density at radius 1 is 1.03 bits per heavy atom. The van der Waals surface area contributed by atoms with Gasteiger partial charge in [0, 0.05) is 44.0 Å². The molecule has 2 heterocycles. The van der Waals surface area contributed by atoms with Crippen LogP contribution in [0.2, 0.25) is 0 Å². The first-order chi connectivity index (χ1) is 14.8. The fourth-order valence-electron chi connectivity index (χ4n) is 4.63. The second-order valence-corrected chi connectivity index (χ2v) is 9.59. The molecule has 0 N–H and O–H groups in total. The maximum Gasteiger partial charge on any atom is 0.418 e. The summed E-state index contributed by atoms with van der Waals surface area (Å²) < 4.78 is 46.0. The normalized spacial score (nSPS) is 19.2. The van der Waals surface area contributed by atoms with Gasteiger partial charge in [-0.05, 0) is 64.4 Å². The molecular weight excluding hydrogens is 427 g/mol. The van der Waals surface area contributed by atoms with Crippen molar-refractivity contribution in [3.05, 3.63) is 33.9 Å². The van der Waals surface area contributed by atoms with E-state index in [1.807, 2.05) is 20.8 Å². The SMILES string of the molecule is CC(C)(C)OC(=O)N1CCC(C2CCN(c3ccc([N+](=O)[O-])cc3C(F)(F)F)CC2)CC1. The molecule has 32 heavy (non-hydrogen) atoms. The molecule has 0 bridgehead atoms. The molecule has 0 atom stereocenters. The molecular formula is C22H30F3N3O4. The number of likely N-dealkylation sites (tertiary alicyclic amines) is 1. The molecule has 0 saturated carbocycles. The Hall–Kier alpha value is -2.52. The highest BCUT2D eigenvalue weighted by atomic mass is 19.4. The fourth-order valence-corrected chi connectivity index (χ4v) is 4.63. The molecule has 2 fully saturated rings. The fraction of sp³-hybridized carbons (Fsp3) is 0.682. The van der Waals surface area contributed by atoms with Crippen LogP contribution < -0.4 is 4.90 Å². The van der Waals surface area contributed by atoms with Gasteiger partial charge in [0.2, 0.25) is 0 Å². The van der Waals surface area contributed by atoms with Crippen molar-refractivity contribution < 1.29 is 27.6 Å². The number of anilines is 1. The number of ether oxygens (including phenoxy) is 1. The van der Waals surface area contributed by atoms with Crippen molar-refractivity contribution in [1.82, 2.24) is 4.90 Å². The highest BCUT2D eigenvalue weighted by Crippen LogP contribution is 2.41. The van der Waals surface area contributed by atoms with Gasteiger partial charge in [0.05, 0.1) is 10.5 Å². The average Bonchev–Trinajstić information content (AvgIpc) is 2.71. The summed E-state index contributed by atoms with van der Waals surface area (Å²) in [7, 11) is 0. The second-order valence-electron chi connectivity index (χ2n) is 9.59. The molecule has 1 amide bonds. The van der Waals surface area contributed by atoms with Crippen molar-refractivity contribution >= 4 is 17.5 Å². The lowest BCUT2D eigenvalue weighted by Gasteiger charge is -2.41. The number of halogens is 3. The van der Waals surface area contributed by atoms with Crippen molar-refractivity contribution in [2.45, 2.75) is 58.2 Å². The minimum absolute atomic E-state index is 0.00120. The lowest BCUT2D eigenvalue weighted by atomic mass is 9.78. The molecule has 0 unspecified atom stereocenters. The summed E-state index contributed by atoms with van der Waals surface area (Å²) in [6, 6.07) is 2.96. The third kappa shape index (κ3) is 5.83. The summed E-state index contributed by atoms with van der Waals surface area (Å²) in [5, 5.41) is 10.9. The number of nitrogens with zero attached hydrogens (tertiary/aromatic N) is 3. The number of nitro benzene ring substituents is 1. The minimum Gasteiger partial charge on any atom is -0.444 e. The van der Waals surface area contributed by atoms with E-state index in [0.717, 1.165) is 31.7 Å². The maximum absolute atomic E-state index is 13.5. The van der Waals surface area contributed by atoms with Crippen molar-refractivity contribution in [3.63, 3.8) is 0 Å². The molecule has 0 aromatic heterocycles. The van der Waals surface area contributed by atoms with Crippen molar-refractivity contribution in [2.24, 2.45) is 11.8 Å². The zero-order valence-corrected chi connectivity index (χ0v) is 18.7. The highest BCUT2D eigenvalue weighted by Gasteiger charge is 2.38. The molecule has 10 heteroatoms. The number of benzene rings is 1. The summed E-state index contributed by atoms with van der Waals surface area (Å²) in [6.45, 7) is 7.69. The predicted octanol–water partition coefficient (Wildman–Crippen LogP) is 5.48. The number of carbonyl (C=O) groups excluding carboxylic acids is 1. The highest BCUT2D eigenvalue weighted by molar-refractivity contribution is 5.68. The molecule has 7 nitrogen and oxygen atoms in total. The van der Waals surface area contributed by atoms with E-state index in [1.54, 1.807) is 9.80 Å². The molecule has 0 spiro atoms. The van der Waals surface area contributed by atoms with Crippen LogP contribution in [0.25, 0.3) is 0 Å². The number of piperidine rings is 2. The van der Waals surface area contributed by atoms with E-state index >= 15 is 0 Å². The lowest BCUT2D eigenvalue weighted by molar-refractivity contribution is -0.385. The molecule has 1 aromatic rings. The van der Waals surface area contributed by atoms with Gasteiger partial charge in [0.15, 0.2) is 0 Å². The van der Waals surface area contributed by atoms with E-state index in [1.165, 1.54) is 6.07 Å².